The number of rotatable bonds is 6. The largest absolute Gasteiger partial charge is 0.467 e. The Morgan fingerprint density at radius 3 is 2.35 bits per heavy atom. The number of carbonyl (C=O) groups is 3. The summed E-state index contributed by atoms with van der Waals surface area (Å²) in [6.07, 6.45) is 0.232. The topological polar surface area (TPSA) is 90.9 Å². The molecule has 0 saturated carbocycles. The van der Waals surface area contributed by atoms with Crippen molar-refractivity contribution in [3.8, 4) is 0 Å². The summed E-state index contributed by atoms with van der Waals surface area (Å²) >= 11 is 0. The van der Waals surface area contributed by atoms with Crippen molar-refractivity contribution in [2.45, 2.75) is 38.8 Å². The van der Waals surface area contributed by atoms with E-state index in [4.69, 9.17) is 9.47 Å². The van der Waals surface area contributed by atoms with E-state index in [0.29, 0.717) is 0 Å². The molecule has 0 aliphatic heterocycles. The Morgan fingerprint density at radius 1 is 1.30 bits per heavy atom. The van der Waals surface area contributed by atoms with Gasteiger partial charge < -0.3 is 19.5 Å². The van der Waals surface area contributed by atoms with Gasteiger partial charge in [-0.05, 0) is 20.8 Å². The maximum atomic E-state index is 11.6. The third kappa shape index (κ3) is 8.12. The third-order valence-corrected chi connectivity index (χ3v) is 1.91. The lowest BCUT2D eigenvalue weighted by Crippen LogP contribution is -2.45. The Balaban J connectivity index is 4.57. The van der Waals surface area contributed by atoms with Gasteiger partial charge in [-0.1, -0.05) is 12.7 Å². The average molecular weight is 287 g/mol. The first-order valence-electron chi connectivity index (χ1n) is 6.03. The van der Waals surface area contributed by atoms with Crippen molar-refractivity contribution in [1.29, 1.82) is 0 Å². The monoisotopic (exact) mass is 287 g/mol. The molecular formula is C13H21NO6. The van der Waals surface area contributed by atoms with Crippen LogP contribution in [0.2, 0.25) is 0 Å². The number of esters is 2. The molecule has 1 atom stereocenters. The van der Waals surface area contributed by atoms with Gasteiger partial charge in [0.1, 0.15) is 18.2 Å². The van der Waals surface area contributed by atoms with Crippen molar-refractivity contribution in [3.05, 3.63) is 12.7 Å². The van der Waals surface area contributed by atoms with Crippen molar-refractivity contribution in [1.82, 2.24) is 5.32 Å². The van der Waals surface area contributed by atoms with Gasteiger partial charge in [0.05, 0.1) is 13.5 Å². The van der Waals surface area contributed by atoms with Gasteiger partial charge in [0, 0.05) is 0 Å². The van der Waals surface area contributed by atoms with Crippen LogP contribution >= 0.6 is 0 Å². The lowest BCUT2D eigenvalue weighted by Gasteiger charge is -2.22. The SMILES string of the molecule is C=CCOC(=O)CC(NC(=O)OC(C)(C)C)C(=O)OC. The summed E-state index contributed by atoms with van der Waals surface area (Å²) in [5.41, 5.74) is -0.714. The van der Waals surface area contributed by atoms with Crippen LogP contribution in [0.1, 0.15) is 27.2 Å². The first kappa shape index (κ1) is 17.9. The van der Waals surface area contributed by atoms with Gasteiger partial charge in [0.2, 0.25) is 0 Å². The van der Waals surface area contributed by atoms with Gasteiger partial charge in [-0.25, -0.2) is 9.59 Å². The van der Waals surface area contributed by atoms with Crippen LogP contribution in [0.15, 0.2) is 12.7 Å². The Labute approximate surface area is 118 Å². The minimum Gasteiger partial charge on any atom is -0.467 e. The van der Waals surface area contributed by atoms with Crippen molar-refractivity contribution < 1.29 is 28.6 Å². The summed E-state index contributed by atoms with van der Waals surface area (Å²) in [6, 6.07) is -1.16. The Hall–Kier alpha value is -2.05. The van der Waals surface area contributed by atoms with E-state index in [2.05, 4.69) is 16.6 Å². The standard InChI is InChI=1S/C13H21NO6/c1-6-7-19-10(15)8-9(11(16)18-5)14-12(17)20-13(2,3)4/h6,9H,1,7-8H2,2-5H3,(H,14,17). The molecule has 1 N–H and O–H groups in total. The highest BCUT2D eigenvalue weighted by atomic mass is 16.6. The Morgan fingerprint density at radius 2 is 1.90 bits per heavy atom. The van der Waals surface area contributed by atoms with E-state index in [1.54, 1.807) is 20.8 Å². The van der Waals surface area contributed by atoms with E-state index in [1.807, 2.05) is 0 Å². The molecule has 0 fully saturated rings. The number of alkyl carbamates (subject to hydrolysis) is 1. The minimum absolute atomic E-state index is 0.0269. The first-order chi connectivity index (χ1) is 9.19. The van der Waals surface area contributed by atoms with Gasteiger partial charge in [-0.3, -0.25) is 4.79 Å². The predicted octanol–water partition coefficient (Wildman–Crippen LogP) is 1.17. The Kier molecular flexibility index (Phi) is 7.35. The summed E-state index contributed by atoms with van der Waals surface area (Å²) in [6.45, 7) is 8.46. The fraction of sp³-hybridized carbons (Fsp3) is 0.615. The molecule has 7 heteroatoms. The molecule has 0 aliphatic rings. The molecule has 0 saturated heterocycles. The molecule has 0 heterocycles. The van der Waals surface area contributed by atoms with E-state index in [1.165, 1.54) is 6.08 Å². The van der Waals surface area contributed by atoms with E-state index in [-0.39, 0.29) is 13.0 Å². The molecule has 7 nitrogen and oxygen atoms in total. The molecule has 0 aromatic carbocycles. The number of amides is 1. The van der Waals surface area contributed by atoms with Gasteiger partial charge in [0.25, 0.3) is 0 Å². The molecule has 0 bridgehead atoms. The van der Waals surface area contributed by atoms with Crippen LogP contribution in [0.4, 0.5) is 4.79 Å². The molecule has 20 heavy (non-hydrogen) atoms. The number of carbonyl (C=O) groups excluding carboxylic acids is 3. The fourth-order valence-corrected chi connectivity index (χ4v) is 1.16. The molecule has 114 valence electrons. The minimum atomic E-state index is -1.16. The van der Waals surface area contributed by atoms with Crippen molar-refractivity contribution in [2.75, 3.05) is 13.7 Å². The average Bonchev–Trinajstić information content (AvgIpc) is 2.32. The molecule has 1 amide bonds. The molecule has 0 aromatic heterocycles. The summed E-state index contributed by atoms with van der Waals surface area (Å²) in [5, 5.41) is 2.27. The maximum Gasteiger partial charge on any atom is 0.408 e. The molecule has 0 rings (SSSR count). The summed E-state index contributed by atoms with van der Waals surface area (Å²) in [4.78, 5) is 34.5. The number of ether oxygens (including phenoxy) is 3. The third-order valence-electron chi connectivity index (χ3n) is 1.91. The van der Waals surface area contributed by atoms with Crippen LogP contribution in [-0.4, -0.2) is 43.4 Å². The van der Waals surface area contributed by atoms with E-state index in [9.17, 15) is 14.4 Å². The van der Waals surface area contributed by atoms with Crippen LogP contribution in [0, 0.1) is 0 Å². The van der Waals surface area contributed by atoms with E-state index < -0.39 is 29.7 Å². The van der Waals surface area contributed by atoms with Crippen LogP contribution in [0.5, 0.6) is 0 Å². The smallest absolute Gasteiger partial charge is 0.408 e. The van der Waals surface area contributed by atoms with E-state index in [0.717, 1.165) is 7.11 Å². The zero-order valence-electron chi connectivity index (χ0n) is 12.2. The zero-order valence-corrected chi connectivity index (χ0v) is 12.2. The Bertz CT molecular complexity index is 372. The number of nitrogens with one attached hydrogen (secondary N) is 1. The molecule has 0 aromatic rings. The second-order valence-corrected chi connectivity index (χ2v) is 4.90. The van der Waals surface area contributed by atoms with Gasteiger partial charge >= 0.3 is 18.0 Å². The maximum absolute atomic E-state index is 11.6. The summed E-state index contributed by atoms with van der Waals surface area (Å²) in [7, 11) is 1.15. The highest BCUT2D eigenvalue weighted by molar-refractivity contribution is 5.86. The summed E-state index contributed by atoms with van der Waals surface area (Å²) in [5.74, 6) is -1.41. The van der Waals surface area contributed by atoms with Crippen LogP contribution < -0.4 is 5.32 Å². The lowest BCUT2D eigenvalue weighted by molar-refractivity contribution is -0.150. The van der Waals surface area contributed by atoms with Crippen molar-refractivity contribution in [3.63, 3.8) is 0 Å². The molecule has 0 aliphatic carbocycles. The first-order valence-corrected chi connectivity index (χ1v) is 6.03. The number of methoxy groups -OCH3 is 1. The highest BCUT2D eigenvalue weighted by Crippen LogP contribution is 2.08. The fourth-order valence-electron chi connectivity index (χ4n) is 1.16. The quantitative estimate of drug-likeness (QED) is 0.448. The zero-order chi connectivity index (χ0) is 15.8. The number of hydrogen-bond donors (Lipinski definition) is 1. The molecule has 0 spiro atoms. The van der Waals surface area contributed by atoms with Gasteiger partial charge in [-0.2, -0.15) is 0 Å². The van der Waals surface area contributed by atoms with Crippen LogP contribution in [0.3, 0.4) is 0 Å². The van der Waals surface area contributed by atoms with Crippen LogP contribution in [0.25, 0.3) is 0 Å². The normalized spacial score (nSPS) is 12.0. The van der Waals surface area contributed by atoms with Gasteiger partial charge in [-0.15, -0.1) is 0 Å². The number of hydrogen-bond acceptors (Lipinski definition) is 6. The summed E-state index contributed by atoms with van der Waals surface area (Å²) < 4.78 is 14.3. The second-order valence-electron chi connectivity index (χ2n) is 4.90. The molecule has 0 radical (unpaired) electrons. The molecule has 1 unspecified atom stereocenters. The second kappa shape index (κ2) is 8.19. The van der Waals surface area contributed by atoms with Gasteiger partial charge in [0.15, 0.2) is 0 Å². The van der Waals surface area contributed by atoms with Crippen LogP contribution in [-0.2, 0) is 23.8 Å². The van der Waals surface area contributed by atoms with Crippen molar-refractivity contribution >= 4 is 18.0 Å². The highest BCUT2D eigenvalue weighted by Gasteiger charge is 2.27. The van der Waals surface area contributed by atoms with Crippen molar-refractivity contribution in [2.24, 2.45) is 0 Å². The molecular weight excluding hydrogens is 266 g/mol. The predicted molar refractivity (Wildman–Crippen MR) is 70.9 cm³/mol. The van der Waals surface area contributed by atoms with E-state index >= 15 is 0 Å². The lowest BCUT2D eigenvalue weighted by atomic mass is 10.2.